The summed E-state index contributed by atoms with van der Waals surface area (Å²) >= 11 is 0. The minimum absolute atomic E-state index is 0.0247. The number of esters is 1. The number of ether oxygens (including phenoxy) is 3. The Morgan fingerprint density at radius 3 is 2.19 bits per heavy atom. The molecule has 7 N–H and O–H groups in total. The minimum Gasteiger partial charge on any atom is -0.508 e. The predicted molar refractivity (Wildman–Crippen MR) is 148 cm³/mol. The number of hydrogen-bond donors (Lipinski definition) is 7. The molecular weight excluding hydrogens is 568 g/mol. The topological polar surface area (TPSA) is 217 Å². The predicted octanol–water partition coefficient (Wildman–Crippen LogP) is 1.73. The number of benzene rings is 3. The van der Waals surface area contributed by atoms with Gasteiger partial charge in [0.1, 0.15) is 46.2 Å². The van der Waals surface area contributed by atoms with Crippen molar-refractivity contribution in [3.63, 3.8) is 0 Å². The lowest BCUT2D eigenvalue weighted by Crippen LogP contribution is -2.61. The van der Waals surface area contributed by atoms with Crippen molar-refractivity contribution in [1.29, 1.82) is 0 Å². The third kappa shape index (κ3) is 6.10. The third-order valence-electron chi connectivity index (χ3n) is 6.66. The van der Waals surface area contributed by atoms with Gasteiger partial charge in [-0.05, 0) is 48.0 Å². The Morgan fingerprint density at radius 2 is 1.53 bits per heavy atom. The van der Waals surface area contributed by atoms with Crippen LogP contribution in [-0.4, -0.2) is 79.0 Å². The molecule has 0 bridgehead atoms. The molecule has 3 aromatic carbocycles. The van der Waals surface area contributed by atoms with Gasteiger partial charge in [-0.15, -0.1) is 0 Å². The summed E-state index contributed by atoms with van der Waals surface area (Å²) in [6.45, 7) is -0.789. The maximum Gasteiger partial charge on any atom is 0.331 e. The molecule has 13 nitrogen and oxygen atoms in total. The first kappa shape index (κ1) is 29.4. The summed E-state index contributed by atoms with van der Waals surface area (Å²) in [7, 11) is 0. The zero-order chi connectivity index (χ0) is 30.8. The summed E-state index contributed by atoms with van der Waals surface area (Å²) in [5.74, 6) is -2.89. The van der Waals surface area contributed by atoms with E-state index in [0.29, 0.717) is 5.56 Å². The summed E-state index contributed by atoms with van der Waals surface area (Å²) in [6, 6.07) is 13.3. The highest BCUT2D eigenvalue weighted by molar-refractivity contribution is 5.88. The summed E-state index contributed by atoms with van der Waals surface area (Å²) in [6.07, 6.45) is -6.15. The van der Waals surface area contributed by atoms with Crippen LogP contribution < -0.4 is 10.2 Å². The summed E-state index contributed by atoms with van der Waals surface area (Å²) in [4.78, 5) is 26.2. The maximum absolute atomic E-state index is 13.6. The second-order valence-electron chi connectivity index (χ2n) is 9.63. The van der Waals surface area contributed by atoms with E-state index >= 15 is 0 Å². The van der Waals surface area contributed by atoms with Gasteiger partial charge in [0.25, 0.3) is 0 Å². The van der Waals surface area contributed by atoms with Gasteiger partial charge in [-0.25, -0.2) is 4.79 Å². The lowest BCUT2D eigenvalue weighted by molar-refractivity contribution is -0.280. The lowest BCUT2D eigenvalue weighted by Gasteiger charge is -2.41. The molecule has 1 aromatic heterocycles. The van der Waals surface area contributed by atoms with Crippen molar-refractivity contribution in [2.75, 3.05) is 6.61 Å². The molecule has 5 rings (SSSR count). The molecule has 2 heterocycles. The average molecular weight is 595 g/mol. The van der Waals surface area contributed by atoms with E-state index in [1.807, 2.05) is 0 Å². The molecule has 0 spiro atoms. The molecule has 1 fully saturated rings. The van der Waals surface area contributed by atoms with Crippen LogP contribution in [0.1, 0.15) is 5.56 Å². The Kier molecular flexibility index (Phi) is 8.23. The van der Waals surface area contributed by atoms with Crippen molar-refractivity contribution in [3.8, 4) is 40.1 Å². The van der Waals surface area contributed by atoms with Crippen LogP contribution in [0, 0.1) is 0 Å². The van der Waals surface area contributed by atoms with E-state index in [4.69, 9.17) is 18.6 Å². The fraction of sp³-hybridized carbons (Fsp3) is 0.200. The molecule has 43 heavy (non-hydrogen) atoms. The van der Waals surface area contributed by atoms with E-state index in [1.54, 1.807) is 0 Å². The van der Waals surface area contributed by atoms with Crippen LogP contribution >= 0.6 is 0 Å². The van der Waals surface area contributed by atoms with Gasteiger partial charge < -0.3 is 54.4 Å². The molecule has 1 saturated heterocycles. The summed E-state index contributed by atoms with van der Waals surface area (Å²) in [5, 5.41) is 70.6. The molecule has 0 amide bonds. The van der Waals surface area contributed by atoms with E-state index in [-0.39, 0.29) is 33.8 Å². The molecule has 5 atom stereocenters. The number of rotatable bonds is 7. The second kappa shape index (κ2) is 12.0. The van der Waals surface area contributed by atoms with Crippen molar-refractivity contribution in [2.24, 2.45) is 0 Å². The molecule has 0 radical (unpaired) electrons. The SMILES string of the molecule is O=C(/C=C/c1ccc(O)cc1)OC1[C@H](O)C(CO)O[C@@H](Oc2c(-c3ccc(O)cc3)oc3cc(O)cc(O)c3c2=O)[C@@H]1O. The smallest absolute Gasteiger partial charge is 0.331 e. The minimum atomic E-state index is -1.90. The van der Waals surface area contributed by atoms with E-state index < -0.39 is 66.0 Å². The molecule has 13 heteroatoms. The lowest BCUT2D eigenvalue weighted by atomic mass is 9.99. The van der Waals surface area contributed by atoms with Crippen molar-refractivity contribution < 1.29 is 59.2 Å². The quantitative estimate of drug-likeness (QED) is 0.120. The maximum atomic E-state index is 13.6. The van der Waals surface area contributed by atoms with E-state index in [1.165, 1.54) is 54.6 Å². The first-order valence-electron chi connectivity index (χ1n) is 12.8. The molecule has 0 saturated carbocycles. The Bertz CT molecular complexity index is 1710. The van der Waals surface area contributed by atoms with Gasteiger partial charge in [0.15, 0.2) is 18.0 Å². The van der Waals surface area contributed by atoms with Gasteiger partial charge in [0, 0.05) is 23.8 Å². The molecule has 1 aliphatic heterocycles. The van der Waals surface area contributed by atoms with Gasteiger partial charge in [-0.3, -0.25) is 4.79 Å². The molecule has 4 aromatic rings. The highest BCUT2D eigenvalue weighted by Crippen LogP contribution is 2.37. The van der Waals surface area contributed by atoms with Crippen molar-refractivity contribution >= 4 is 23.0 Å². The summed E-state index contributed by atoms with van der Waals surface area (Å²) < 4.78 is 22.4. The van der Waals surface area contributed by atoms with Crippen LogP contribution in [0.5, 0.6) is 28.7 Å². The Labute approximate surface area is 242 Å². The summed E-state index contributed by atoms with van der Waals surface area (Å²) in [5.41, 5.74) is -0.395. The molecule has 2 unspecified atom stereocenters. The standard InChI is InChI=1S/C30H26O13/c31-13-21-24(37)28(42-22(36)10-3-14-1-6-16(32)7-2-14)26(39)30(41-21)43-29-25(38)23-19(35)11-18(34)12-20(23)40-27(29)15-4-8-17(33)9-5-15/h1-12,21,24,26,28,30-35,37,39H,13H2/b10-3+/t21?,24-,26-,28?,30+/m1/s1. The van der Waals surface area contributed by atoms with Crippen molar-refractivity contribution in [1.82, 2.24) is 0 Å². The van der Waals surface area contributed by atoms with Gasteiger partial charge >= 0.3 is 5.97 Å². The number of hydrogen-bond acceptors (Lipinski definition) is 13. The van der Waals surface area contributed by atoms with E-state index in [9.17, 15) is 45.3 Å². The van der Waals surface area contributed by atoms with Crippen LogP contribution in [0.15, 0.2) is 76.0 Å². The van der Waals surface area contributed by atoms with Crippen molar-refractivity contribution in [2.45, 2.75) is 30.7 Å². The van der Waals surface area contributed by atoms with Gasteiger partial charge in [-0.1, -0.05) is 12.1 Å². The third-order valence-corrected chi connectivity index (χ3v) is 6.66. The van der Waals surface area contributed by atoms with Crippen molar-refractivity contribution in [3.05, 3.63) is 82.5 Å². The second-order valence-corrected chi connectivity index (χ2v) is 9.63. The zero-order valence-electron chi connectivity index (χ0n) is 22.1. The van der Waals surface area contributed by atoms with E-state index in [2.05, 4.69) is 0 Å². The first-order chi connectivity index (χ1) is 20.5. The van der Waals surface area contributed by atoms with Crippen LogP contribution in [0.4, 0.5) is 0 Å². The van der Waals surface area contributed by atoms with Gasteiger partial charge in [-0.2, -0.15) is 0 Å². The molecule has 0 aliphatic carbocycles. The highest BCUT2D eigenvalue weighted by atomic mass is 16.7. The van der Waals surface area contributed by atoms with Crippen LogP contribution in [0.3, 0.4) is 0 Å². The number of phenolic OH excluding ortho intramolecular Hbond substituents is 4. The highest BCUT2D eigenvalue weighted by Gasteiger charge is 2.48. The monoisotopic (exact) mass is 594 g/mol. The molecular formula is C30H26O13. The largest absolute Gasteiger partial charge is 0.508 e. The fourth-order valence-corrected chi connectivity index (χ4v) is 4.51. The zero-order valence-corrected chi connectivity index (χ0v) is 22.1. The number of carbonyl (C=O) groups excluding carboxylic acids is 1. The first-order valence-corrected chi connectivity index (χ1v) is 12.8. The Hall–Kier alpha value is -5.08. The fourth-order valence-electron chi connectivity index (χ4n) is 4.51. The Balaban J connectivity index is 1.49. The number of aliphatic hydroxyl groups excluding tert-OH is 3. The number of carbonyl (C=O) groups is 1. The normalized spacial score (nSPS) is 22.1. The number of aliphatic hydroxyl groups is 3. The number of phenols is 4. The molecule has 224 valence electrons. The van der Waals surface area contributed by atoms with Gasteiger partial charge in [0.2, 0.25) is 17.5 Å². The Morgan fingerprint density at radius 1 is 0.884 bits per heavy atom. The number of aromatic hydroxyl groups is 4. The molecule has 1 aliphatic rings. The number of fused-ring (bicyclic) bond motifs is 1. The van der Waals surface area contributed by atoms with Crippen LogP contribution in [-0.2, 0) is 14.3 Å². The van der Waals surface area contributed by atoms with E-state index in [0.717, 1.165) is 18.2 Å². The van der Waals surface area contributed by atoms with Gasteiger partial charge in [0.05, 0.1) is 6.61 Å². The average Bonchev–Trinajstić information content (AvgIpc) is 2.97. The van der Waals surface area contributed by atoms with Crippen LogP contribution in [0.2, 0.25) is 0 Å². The van der Waals surface area contributed by atoms with Crippen LogP contribution in [0.25, 0.3) is 28.4 Å².